The molecule has 17 heavy (non-hydrogen) atoms. The normalized spacial score (nSPS) is 15.0. The molecule has 5 heteroatoms. The quantitative estimate of drug-likeness (QED) is 0.882. The summed E-state index contributed by atoms with van der Waals surface area (Å²) in [5.74, 6) is -0.469. The molecule has 1 amide bonds. The number of nitrogens with one attached hydrogen (secondary N) is 1. The average molecular weight is 255 g/mol. The molecule has 0 heterocycles. The van der Waals surface area contributed by atoms with E-state index in [2.05, 4.69) is 5.32 Å². The zero-order valence-corrected chi connectivity index (χ0v) is 11.0. The number of sulfone groups is 1. The minimum atomic E-state index is -3.34. The van der Waals surface area contributed by atoms with Gasteiger partial charge in [0, 0.05) is 6.26 Å². The Morgan fingerprint density at radius 3 is 2.18 bits per heavy atom. The standard InChI is InChI=1S/C12H17NO3S/c1-9(11-7-5-4-6-8-11)13-12(14)10(2)17(3,15)16/h4-10H,1-3H3,(H,13,14)/t9-,10-/m0/s1. The van der Waals surface area contributed by atoms with Crippen LogP contribution in [0.25, 0.3) is 0 Å². The van der Waals surface area contributed by atoms with Crippen LogP contribution >= 0.6 is 0 Å². The van der Waals surface area contributed by atoms with E-state index in [4.69, 9.17) is 0 Å². The lowest BCUT2D eigenvalue weighted by Crippen LogP contribution is -2.38. The second-order valence-electron chi connectivity index (χ2n) is 4.11. The summed E-state index contributed by atoms with van der Waals surface area (Å²) in [5.41, 5.74) is 0.946. The van der Waals surface area contributed by atoms with Gasteiger partial charge in [-0.15, -0.1) is 0 Å². The first-order valence-electron chi connectivity index (χ1n) is 5.36. The summed E-state index contributed by atoms with van der Waals surface area (Å²) >= 11 is 0. The van der Waals surface area contributed by atoms with E-state index in [0.29, 0.717) is 0 Å². The van der Waals surface area contributed by atoms with Crippen molar-refractivity contribution < 1.29 is 13.2 Å². The van der Waals surface area contributed by atoms with Crippen LogP contribution in [0.4, 0.5) is 0 Å². The van der Waals surface area contributed by atoms with Crippen molar-refractivity contribution >= 4 is 15.7 Å². The first-order valence-corrected chi connectivity index (χ1v) is 7.32. The minimum absolute atomic E-state index is 0.201. The van der Waals surface area contributed by atoms with Crippen molar-refractivity contribution in [1.29, 1.82) is 0 Å². The van der Waals surface area contributed by atoms with Gasteiger partial charge in [0.15, 0.2) is 9.84 Å². The van der Waals surface area contributed by atoms with Gasteiger partial charge in [0.25, 0.3) is 0 Å². The summed E-state index contributed by atoms with van der Waals surface area (Å²) in [6, 6.07) is 9.20. The molecule has 2 atom stereocenters. The Morgan fingerprint density at radius 1 is 1.18 bits per heavy atom. The van der Waals surface area contributed by atoms with E-state index in [1.807, 2.05) is 37.3 Å². The third kappa shape index (κ3) is 3.85. The molecular formula is C12H17NO3S. The molecule has 0 aromatic heterocycles. The van der Waals surface area contributed by atoms with Gasteiger partial charge < -0.3 is 5.32 Å². The van der Waals surface area contributed by atoms with Gasteiger partial charge in [-0.3, -0.25) is 4.79 Å². The third-order valence-electron chi connectivity index (χ3n) is 2.67. The predicted octanol–water partition coefficient (Wildman–Crippen LogP) is 1.30. The second kappa shape index (κ2) is 5.31. The van der Waals surface area contributed by atoms with Crippen LogP contribution in [0.15, 0.2) is 30.3 Å². The highest BCUT2D eigenvalue weighted by atomic mass is 32.2. The van der Waals surface area contributed by atoms with Gasteiger partial charge in [0.2, 0.25) is 5.91 Å². The fourth-order valence-electron chi connectivity index (χ4n) is 1.35. The van der Waals surface area contributed by atoms with E-state index in [9.17, 15) is 13.2 Å². The molecule has 0 saturated heterocycles. The Balaban J connectivity index is 2.71. The maximum Gasteiger partial charge on any atom is 0.238 e. The fraction of sp³-hybridized carbons (Fsp3) is 0.417. The minimum Gasteiger partial charge on any atom is -0.348 e. The van der Waals surface area contributed by atoms with Gasteiger partial charge in [-0.1, -0.05) is 30.3 Å². The molecule has 0 radical (unpaired) electrons. The number of rotatable bonds is 4. The lowest BCUT2D eigenvalue weighted by molar-refractivity contribution is -0.121. The highest BCUT2D eigenvalue weighted by Crippen LogP contribution is 2.12. The number of benzene rings is 1. The number of carbonyl (C=O) groups excluding carboxylic acids is 1. The van der Waals surface area contributed by atoms with Crippen molar-refractivity contribution in [1.82, 2.24) is 5.32 Å². The first kappa shape index (κ1) is 13.7. The molecule has 0 saturated carbocycles. The Hall–Kier alpha value is -1.36. The van der Waals surface area contributed by atoms with Crippen LogP contribution in [-0.4, -0.2) is 25.8 Å². The van der Waals surface area contributed by atoms with E-state index < -0.39 is 21.0 Å². The van der Waals surface area contributed by atoms with Gasteiger partial charge in [-0.05, 0) is 19.4 Å². The fourth-order valence-corrected chi connectivity index (χ4v) is 1.81. The molecule has 0 spiro atoms. The zero-order chi connectivity index (χ0) is 13.1. The predicted molar refractivity (Wildman–Crippen MR) is 67.3 cm³/mol. The summed E-state index contributed by atoms with van der Waals surface area (Å²) in [6.07, 6.45) is 1.06. The van der Waals surface area contributed by atoms with E-state index in [1.54, 1.807) is 0 Å². The number of hydrogen-bond donors (Lipinski definition) is 1. The van der Waals surface area contributed by atoms with Crippen molar-refractivity contribution in [2.24, 2.45) is 0 Å². The molecule has 0 aliphatic heterocycles. The van der Waals surface area contributed by atoms with Crippen molar-refractivity contribution in [2.75, 3.05) is 6.26 Å². The van der Waals surface area contributed by atoms with Gasteiger partial charge in [0.1, 0.15) is 5.25 Å². The molecule has 0 fully saturated rings. The summed E-state index contributed by atoms with van der Waals surface area (Å²) in [4.78, 5) is 11.7. The SMILES string of the molecule is C[C@H](NC(=O)[C@H](C)S(C)(=O)=O)c1ccccc1. The van der Waals surface area contributed by atoms with Gasteiger partial charge in [-0.2, -0.15) is 0 Å². The van der Waals surface area contributed by atoms with Gasteiger partial charge >= 0.3 is 0 Å². The maximum atomic E-state index is 11.7. The van der Waals surface area contributed by atoms with E-state index >= 15 is 0 Å². The molecule has 1 aromatic rings. The zero-order valence-electron chi connectivity index (χ0n) is 10.2. The highest BCUT2D eigenvalue weighted by molar-refractivity contribution is 7.92. The molecule has 4 nitrogen and oxygen atoms in total. The molecular weight excluding hydrogens is 238 g/mol. The van der Waals surface area contributed by atoms with E-state index in [-0.39, 0.29) is 6.04 Å². The molecule has 1 aromatic carbocycles. The molecule has 94 valence electrons. The van der Waals surface area contributed by atoms with Crippen LogP contribution in [0.3, 0.4) is 0 Å². The molecule has 0 bridgehead atoms. The Morgan fingerprint density at radius 2 is 1.71 bits per heavy atom. The number of amides is 1. The third-order valence-corrected chi connectivity index (χ3v) is 4.17. The van der Waals surface area contributed by atoms with Crippen LogP contribution in [-0.2, 0) is 14.6 Å². The monoisotopic (exact) mass is 255 g/mol. The Kier molecular flexibility index (Phi) is 4.28. The van der Waals surface area contributed by atoms with Crippen molar-refractivity contribution in [3.05, 3.63) is 35.9 Å². The van der Waals surface area contributed by atoms with Crippen LogP contribution < -0.4 is 5.32 Å². The second-order valence-corrected chi connectivity index (χ2v) is 6.48. The summed E-state index contributed by atoms with van der Waals surface area (Å²) in [6.45, 7) is 3.21. The number of carbonyl (C=O) groups is 1. The highest BCUT2D eigenvalue weighted by Gasteiger charge is 2.24. The largest absolute Gasteiger partial charge is 0.348 e. The summed E-state index contributed by atoms with van der Waals surface area (Å²) in [7, 11) is -3.34. The first-order chi connectivity index (χ1) is 7.82. The average Bonchev–Trinajstić information content (AvgIpc) is 2.27. The molecule has 1 rings (SSSR count). The van der Waals surface area contributed by atoms with E-state index in [0.717, 1.165) is 11.8 Å². The van der Waals surface area contributed by atoms with Gasteiger partial charge in [-0.25, -0.2) is 8.42 Å². The Bertz CT molecular complexity index is 482. The lowest BCUT2D eigenvalue weighted by atomic mass is 10.1. The Labute approximate surface area is 102 Å². The summed E-state index contributed by atoms with van der Waals surface area (Å²) in [5, 5.41) is 1.66. The van der Waals surface area contributed by atoms with E-state index in [1.165, 1.54) is 6.92 Å². The summed E-state index contributed by atoms with van der Waals surface area (Å²) < 4.78 is 22.5. The lowest BCUT2D eigenvalue weighted by Gasteiger charge is -2.16. The number of hydrogen-bond acceptors (Lipinski definition) is 3. The van der Waals surface area contributed by atoms with Crippen LogP contribution in [0.2, 0.25) is 0 Å². The van der Waals surface area contributed by atoms with Crippen molar-refractivity contribution in [3.63, 3.8) is 0 Å². The van der Waals surface area contributed by atoms with Crippen LogP contribution in [0, 0.1) is 0 Å². The molecule has 0 aliphatic rings. The smallest absolute Gasteiger partial charge is 0.238 e. The van der Waals surface area contributed by atoms with Crippen LogP contribution in [0.1, 0.15) is 25.5 Å². The van der Waals surface area contributed by atoms with Crippen LogP contribution in [0.5, 0.6) is 0 Å². The van der Waals surface area contributed by atoms with Crippen molar-refractivity contribution in [2.45, 2.75) is 25.1 Å². The molecule has 1 N–H and O–H groups in total. The molecule has 0 unspecified atom stereocenters. The van der Waals surface area contributed by atoms with Gasteiger partial charge in [0.05, 0.1) is 6.04 Å². The van der Waals surface area contributed by atoms with Crippen molar-refractivity contribution in [3.8, 4) is 0 Å². The topological polar surface area (TPSA) is 63.2 Å². The maximum absolute atomic E-state index is 11.7. The molecule has 0 aliphatic carbocycles.